The first kappa shape index (κ1) is 28.2. The number of pyridine rings is 1. The molecule has 206 valence electrons. The molecule has 0 aliphatic carbocycles. The Kier molecular flexibility index (Phi) is 8.13. The topological polar surface area (TPSA) is 116 Å². The molecule has 1 N–H and O–H groups in total. The first-order chi connectivity index (χ1) is 19.0. The number of imide groups is 1. The fourth-order valence-electron chi connectivity index (χ4n) is 4.90. The number of aryl methyl sites for hydroxylation is 1. The molecule has 2 heterocycles. The number of aromatic nitrogens is 1. The molecular weight excluding hydrogens is 529 g/mol. The lowest BCUT2D eigenvalue weighted by Gasteiger charge is -2.18. The van der Waals surface area contributed by atoms with Crippen LogP contribution in [0.3, 0.4) is 0 Å². The molecule has 2 unspecified atom stereocenters. The Balaban J connectivity index is 0.000000867. The monoisotopic (exact) mass is 552 g/mol. The number of ether oxygens (including phenoxy) is 1. The number of alkyl halides is 3. The molecule has 0 bridgehead atoms. The average molecular weight is 553 g/mol. The van der Waals surface area contributed by atoms with Gasteiger partial charge >= 0.3 is 12.6 Å². The van der Waals surface area contributed by atoms with Crippen molar-refractivity contribution in [2.24, 2.45) is 7.05 Å². The molecule has 1 saturated heterocycles. The molecule has 1 aliphatic heterocycles. The van der Waals surface area contributed by atoms with E-state index >= 15 is 0 Å². The number of halogens is 3. The number of hydrogen-bond acceptors (Lipinski definition) is 6. The van der Waals surface area contributed by atoms with E-state index in [1.165, 1.54) is 0 Å². The van der Waals surface area contributed by atoms with Gasteiger partial charge in [0.25, 0.3) is 5.91 Å². The molecule has 0 radical (unpaired) electrons. The third-order valence-corrected chi connectivity index (χ3v) is 6.63. The molecule has 1 aliphatic rings. The van der Waals surface area contributed by atoms with Crippen LogP contribution in [-0.2, 0) is 26.2 Å². The minimum Gasteiger partial charge on any atom is -0.545 e. The first-order valence-corrected chi connectivity index (χ1v) is 12.1. The van der Waals surface area contributed by atoms with Gasteiger partial charge in [-0.3, -0.25) is 19.7 Å². The highest BCUT2D eigenvalue weighted by Gasteiger charge is 2.35. The minimum atomic E-state index is -3.67. The van der Waals surface area contributed by atoms with Crippen molar-refractivity contribution in [2.45, 2.75) is 32.0 Å². The van der Waals surface area contributed by atoms with E-state index in [4.69, 9.17) is 4.74 Å². The summed E-state index contributed by atoms with van der Waals surface area (Å²) in [5, 5.41) is 15.4. The third kappa shape index (κ3) is 5.49. The molecular formula is C29H23F3N2O6. The minimum absolute atomic E-state index is 0.0994. The van der Waals surface area contributed by atoms with Gasteiger partial charge in [0.1, 0.15) is 7.05 Å². The number of rotatable bonds is 5. The number of para-hydroxylation sites is 2. The Bertz CT molecular complexity index is 1650. The molecule has 2 amide bonds. The lowest BCUT2D eigenvalue weighted by atomic mass is 9.89. The van der Waals surface area contributed by atoms with Gasteiger partial charge < -0.3 is 14.6 Å². The number of nitrogens with zero attached hydrogens (tertiary/aromatic N) is 1. The number of nitrogens with one attached hydrogen (secondary N) is 1. The number of carboxylic acid groups (broad SMARTS) is 1. The standard InChI is InChI=1S/C28H22N2O6.CHF3/c1-15(28(35)36-22-14-23(31)29-26(22)32)16-8-3-4-9-17(16)18-11-7-12-20-24(27(33)34)19-10-5-6-13-21(19)30(2)25(18)20;2-1(3)4/h3-13,15,22H,14H2,1-2H3,(H-,29,31,32,33,34);1H. The van der Waals surface area contributed by atoms with E-state index in [0.29, 0.717) is 21.9 Å². The second-order valence-corrected chi connectivity index (χ2v) is 9.04. The van der Waals surface area contributed by atoms with Gasteiger partial charge in [-0.15, -0.1) is 0 Å². The highest BCUT2D eigenvalue weighted by atomic mass is 19.4. The summed E-state index contributed by atoms with van der Waals surface area (Å²) in [6, 6.07) is 19.9. The summed E-state index contributed by atoms with van der Waals surface area (Å²) in [6.45, 7) is -2.00. The van der Waals surface area contributed by atoms with Crippen molar-refractivity contribution < 1.29 is 46.8 Å². The van der Waals surface area contributed by atoms with E-state index < -0.39 is 42.5 Å². The number of aromatic carboxylic acids is 1. The van der Waals surface area contributed by atoms with Crippen LogP contribution >= 0.6 is 0 Å². The lowest BCUT2D eigenvalue weighted by Crippen LogP contribution is -2.33. The van der Waals surface area contributed by atoms with Crippen LogP contribution in [0.1, 0.15) is 35.2 Å². The quantitative estimate of drug-likeness (QED) is 0.176. The smallest absolute Gasteiger partial charge is 0.379 e. The van der Waals surface area contributed by atoms with Gasteiger partial charge in [-0.2, -0.15) is 17.7 Å². The molecule has 1 fully saturated rings. The zero-order valence-electron chi connectivity index (χ0n) is 21.3. The highest BCUT2D eigenvalue weighted by Crippen LogP contribution is 2.36. The molecule has 8 nitrogen and oxygen atoms in total. The molecule has 1 aromatic heterocycles. The second kappa shape index (κ2) is 11.5. The van der Waals surface area contributed by atoms with Gasteiger partial charge in [-0.05, 0) is 36.2 Å². The average Bonchev–Trinajstić information content (AvgIpc) is 3.23. The van der Waals surface area contributed by atoms with Crippen molar-refractivity contribution in [1.82, 2.24) is 5.32 Å². The number of amides is 2. The lowest BCUT2D eigenvalue weighted by molar-refractivity contribution is -0.617. The number of benzene rings is 3. The number of fused-ring (bicyclic) bond motifs is 2. The van der Waals surface area contributed by atoms with Crippen LogP contribution < -0.4 is 15.0 Å². The molecule has 2 atom stereocenters. The summed E-state index contributed by atoms with van der Waals surface area (Å²) in [5.74, 6) is -3.78. The molecule has 40 heavy (non-hydrogen) atoms. The SMILES string of the molecule is CC(C(=O)OC1CC(=O)NC1=O)c1ccccc1-c1cccc2c(C(=O)[O-])c3ccccc3[n+](C)c12.FC(F)F. The Morgan fingerprint density at radius 1 is 0.950 bits per heavy atom. The van der Waals surface area contributed by atoms with Gasteiger partial charge in [0.05, 0.1) is 34.6 Å². The predicted octanol–water partition coefficient (Wildman–Crippen LogP) is 3.09. The number of carbonyl (C=O) groups excluding carboxylic acids is 4. The van der Waals surface area contributed by atoms with Crippen molar-refractivity contribution in [3.05, 3.63) is 77.9 Å². The number of esters is 1. The van der Waals surface area contributed by atoms with E-state index in [2.05, 4.69) is 5.32 Å². The number of hydrogen-bond donors (Lipinski definition) is 1. The zero-order chi connectivity index (χ0) is 29.1. The van der Waals surface area contributed by atoms with Crippen molar-refractivity contribution in [3.8, 4) is 11.1 Å². The maximum Gasteiger partial charge on any atom is 0.379 e. The van der Waals surface area contributed by atoms with Crippen LogP contribution in [0.15, 0.2) is 66.7 Å². The van der Waals surface area contributed by atoms with Crippen LogP contribution in [0.5, 0.6) is 0 Å². The van der Waals surface area contributed by atoms with Gasteiger partial charge in [-0.25, -0.2) is 0 Å². The van der Waals surface area contributed by atoms with E-state index in [9.17, 15) is 37.5 Å². The van der Waals surface area contributed by atoms with Gasteiger partial charge in [0.15, 0.2) is 6.10 Å². The Hall–Kier alpha value is -4.80. The Morgan fingerprint density at radius 2 is 1.55 bits per heavy atom. The third-order valence-electron chi connectivity index (χ3n) is 6.63. The maximum atomic E-state index is 13.0. The summed E-state index contributed by atoms with van der Waals surface area (Å²) in [7, 11) is 1.86. The van der Waals surface area contributed by atoms with E-state index in [0.717, 1.165) is 16.6 Å². The zero-order valence-corrected chi connectivity index (χ0v) is 21.3. The molecule has 11 heteroatoms. The molecule has 0 spiro atoms. The van der Waals surface area contributed by atoms with Crippen LogP contribution in [0.2, 0.25) is 0 Å². The normalized spacial score (nSPS) is 15.5. The van der Waals surface area contributed by atoms with Gasteiger partial charge in [-0.1, -0.05) is 42.5 Å². The molecule has 3 aromatic carbocycles. The molecule has 0 saturated carbocycles. The van der Waals surface area contributed by atoms with Crippen LogP contribution in [0.4, 0.5) is 13.2 Å². The van der Waals surface area contributed by atoms with Crippen LogP contribution in [-0.4, -0.2) is 36.5 Å². The summed E-state index contributed by atoms with van der Waals surface area (Å²) >= 11 is 0. The van der Waals surface area contributed by atoms with E-state index in [1.807, 2.05) is 41.9 Å². The fraction of sp³-hybridized carbons (Fsp3) is 0.207. The predicted molar refractivity (Wildman–Crippen MR) is 136 cm³/mol. The van der Waals surface area contributed by atoms with Crippen molar-refractivity contribution >= 4 is 45.6 Å². The van der Waals surface area contributed by atoms with E-state index in [-0.39, 0.29) is 12.0 Å². The first-order valence-electron chi connectivity index (χ1n) is 12.1. The fourth-order valence-corrected chi connectivity index (χ4v) is 4.90. The summed E-state index contributed by atoms with van der Waals surface area (Å²) in [6.07, 6.45) is -1.34. The van der Waals surface area contributed by atoms with Crippen LogP contribution in [0, 0.1) is 0 Å². The largest absolute Gasteiger partial charge is 0.545 e. The van der Waals surface area contributed by atoms with Gasteiger partial charge in [0, 0.05) is 11.6 Å². The number of carboxylic acids is 1. The highest BCUT2D eigenvalue weighted by molar-refractivity contribution is 6.13. The molecule has 4 aromatic rings. The van der Waals surface area contributed by atoms with Gasteiger partial charge in [0.2, 0.25) is 16.9 Å². The van der Waals surface area contributed by atoms with Crippen LogP contribution in [0.25, 0.3) is 32.9 Å². The molecule has 5 rings (SSSR count). The summed E-state index contributed by atoms with van der Waals surface area (Å²) < 4.78 is 36.3. The summed E-state index contributed by atoms with van der Waals surface area (Å²) in [4.78, 5) is 48.6. The second-order valence-electron chi connectivity index (χ2n) is 9.04. The maximum absolute atomic E-state index is 13.0. The van der Waals surface area contributed by atoms with E-state index in [1.54, 1.807) is 43.3 Å². The Morgan fingerprint density at radius 3 is 2.20 bits per heavy atom. The van der Waals surface area contributed by atoms with Crippen molar-refractivity contribution in [2.75, 3.05) is 0 Å². The summed E-state index contributed by atoms with van der Waals surface area (Å²) in [5.41, 5.74) is 3.58. The Labute approximate surface area is 226 Å². The van der Waals surface area contributed by atoms with Crippen molar-refractivity contribution in [1.29, 1.82) is 0 Å². The van der Waals surface area contributed by atoms with Crippen molar-refractivity contribution in [3.63, 3.8) is 0 Å². The number of carbonyl (C=O) groups is 4.